The summed E-state index contributed by atoms with van der Waals surface area (Å²) in [5, 5.41) is 47.3. The van der Waals surface area contributed by atoms with Crippen LogP contribution in [-0.4, -0.2) is 78.5 Å². The fourth-order valence-corrected chi connectivity index (χ4v) is 4.25. The van der Waals surface area contributed by atoms with E-state index in [0.29, 0.717) is 12.8 Å². The van der Waals surface area contributed by atoms with Crippen molar-refractivity contribution >= 4 is 23.9 Å². The fraction of sp³-hybridized carbons (Fsp3) is 0.833. The Labute approximate surface area is 202 Å². The predicted octanol–water partition coefficient (Wildman–Crippen LogP) is 3.59. The van der Waals surface area contributed by atoms with Crippen LogP contribution in [0.15, 0.2) is 0 Å². The number of aliphatic hydroxyl groups excluding tert-OH is 1. The zero-order chi connectivity index (χ0) is 26.1. The molecule has 0 heterocycles. The molecule has 0 rings (SSSR count). The molecule has 0 fully saturated rings. The van der Waals surface area contributed by atoms with Gasteiger partial charge in [-0.1, -0.05) is 84.0 Å². The van der Waals surface area contributed by atoms with Gasteiger partial charge in [-0.05, 0) is 13.3 Å². The Morgan fingerprint density at radius 3 is 1.47 bits per heavy atom. The first-order chi connectivity index (χ1) is 16.0. The van der Waals surface area contributed by atoms with Crippen molar-refractivity contribution in [2.24, 2.45) is 0 Å². The molecule has 0 spiro atoms. The summed E-state index contributed by atoms with van der Waals surface area (Å²) in [6, 6.07) is -4.65. The van der Waals surface area contributed by atoms with E-state index in [1.807, 2.05) is 0 Å². The molecule has 5 N–H and O–H groups in total. The maximum atomic E-state index is 11.8. The van der Waals surface area contributed by atoms with Gasteiger partial charge >= 0.3 is 23.9 Å². The van der Waals surface area contributed by atoms with E-state index in [0.717, 1.165) is 30.6 Å². The van der Waals surface area contributed by atoms with E-state index in [2.05, 4.69) is 6.92 Å². The molecule has 0 radical (unpaired) electrons. The monoisotopic (exact) mass is 489 g/mol. The molecular weight excluding hydrogens is 446 g/mol. The molecule has 0 aromatic carbocycles. The lowest BCUT2D eigenvalue weighted by Gasteiger charge is -2.38. The lowest BCUT2D eigenvalue weighted by molar-refractivity contribution is -0.169. The SMILES string of the molecule is CCCCCCCCCCCCCCC(C)N(C(CC(=O)O)C(=O)O)C(C(=O)O)C(O)C(=O)O. The lowest BCUT2D eigenvalue weighted by atomic mass is 9.98. The normalized spacial score (nSPS) is 14.9. The summed E-state index contributed by atoms with van der Waals surface area (Å²) in [6.07, 6.45) is 10.5. The minimum absolute atomic E-state index is 0.344. The highest BCUT2D eigenvalue weighted by Crippen LogP contribution is 2.22. The van der Waals surface area contributed by atoms with Gasteiger partial charge in [-0.15, -0.1) is 0 Å². The van der Waals surface area contributed by atoms with Crippen molar-refractivity contribution in [1.82, 2.24) is 4.90 Å². The van der Waals surface area contributed by atoms with Gasteiger partial charge < -0.3 is 25.5 Å². The van der Waals surface area contributed by atoms with Crippen molar-refractivity contribution < 1.29 is 44.7 Å². The second kappa shape index (κ2) is 18.2. The third kappa shape index (κ3) is 12.9. The van der Waals surface area contributed by atoms with E-state index in [1.165, 1.54) is 51.9 Å². The highest BCUT2D eigenvalue weighted by atomic mass is 16.4. The summed E-state index contributed by atoms with van der Waals surface area (Å²) in [6.45, 7) is 3.73. The smallest absolute Gasteiger partial charge is 0.334 e. The van der Waals surface area contributed by atoms with E-state index in [4.69, 9.17) is 10.2 Å². The van der Waals surface area contributed by atoms with Gasteiger partial charge in [0.15, 0.2) is 6.10 Å². The van der Waals surface area contributed by atoms with Crippen molar-refractivity contribution in [2.45, 2.75) is 128 Å². The standard InChI is InChI=1S/C24H43NO9/c1-3-4-5-6-7-8-9-10-11-12-13-14-15-17(2)25(18(22(29)30)16-19(26)27)20(23(31)32)21(28)24(33)34/h17-18,20-21,28H,3-16H2,1-2H3,(H,26,27)(H,29,30)(H,31,32)(H,33,34). The number of hydrogen-bond acceptors (Lipinski definition) is 6. The second-order valence-corrected chi connectivity index (χ2v) is 8.99. The van der Waals surface area contributed by atoms with E-state index in [1.54, 1.807) is 0 Å². The summed E-state index contributed by atoms with van der Waals surface area (Å²) in [7, 11) is 0. The molecule has 10 heteroatoms. The number of rotatable bonds is 22. The minimum Gasteiger partial charge on any atom is -0.481 e. The van der Waals surface area contributed by atoms with Gasteiger partial charge in [-0.3, -0.25) is 19.3 Å². The molecule has 0 saturated heterocycles. The van der Waals surface area contributed by atoms with Crippen LogP contribution < -0.4 is 0 Å². The molecule has 0 saturated carbocycles. The number of nitrogens with zero attached hydrogens (tertiary/aromatic N) is 1. The van der Waals surface area contributed by atoms with Crippen LogP contribution in [0.2, 0.25) is 0 Å². The summed E-state index contributed by atoms with van der Waals surface area (Å²) in [4.78, 5) is 46.8. The lowest BCUT2D eigenvalue weighted by Crippen LogP contribution is -2.60. The zero-order valence-corrected chi connectivity index (χ0v) is 20.5. The maximum Gasteiger partial charge on any atom is 0.334 e. The Hall–Kier alpha value is -2.20. The van der Waals surface area contributed by atoms with Crippen molar-refractivity contribution in [1.29, 1.82) is 0 Å². The highest BCUT2D eigenvalue weighted by Gasteiger charge is 2.45. The van der Waals surface area contributed by atoms with Gasteiger partial charge in [0.2, 0.25) is 0 Å². The van der Waals surface area contributed by atoms with Gasteiger partial charge in [0.05, 0.1) is 6.42 Å². The molecule has 198 valence electrons. The van der Waals surface area contributed by atoms with Gasteiger partial charge in [-0.25, -0.2) is 4.79 Å². The van der Waals surface area contributed by atoms with E-state index in [-0.39, 0.29) is 0 Å². The minimum atomic E-state index is -2.41. The first kappa shape index (κ1) is 31.8. The predicted molar refractivity (Wildman–Crippen MR) is 126 cm³/mol. The van der Waals surface area contributed by atoms with Crippen LogP contribution in [0, 0.1) is 0 Å². The van der Waals surface area contributed by atoms with Crippen LogP contribution >= 0.6 is 0 Å². The van der Waals surface area contributed by atoms with Crippen molar-refractivity contribution in [2.75, 3.05) is 0 Å². The Balaban J connectivity index is 4.85. The first-order valence-corrected chi connectivity index (χ1v) is 12.4. The molecule has 0 aliphatic heterocycles. The Morgan fingerprint density at radius 2 is 1.12 bits per heavy atom. The summed E-state index contributed by atoms with van der Waals surface area (Å²) in [5.41, 5.74) is 0. The number of carboxylic acid groups (broad SMARTS) is 4. The number of carbonyl (C=O) groups is 4. The Bertz CT molecular complexity index is 626. The molecule has 0 aromatic rings. The van der Waals surface area contributed by atoms with Crippen LogP contribution in [0.25, 0.3) is 0 Å². The van der Waals surface area contributed by atoms with E-state index < -0.39 is 54.5 Å². The van der Waals surface area contributed by atoms with Crippen LogP contribution in [-0.2, 0) is 19.2 Å². The second-order valence-electron chi connectivity index (χ2n) is 8.99. The third-order valence-electron chi connectivity index (χ3n) is 6.12. The molecule has 4 unspecified atom stereocenters. The topological polar surface area (TPSA) is 173 Å². The number of aliphatic hydroxyl groups is 1. The molecule has 0 bridgehead atoms. The summed E-state index contributed by atoms with van der Waals surface area (Å²) < 4.78 is 0. The third-order valence-corrected chi connectivity index (χ3v) is 6.12. The van der Waals surface area contributed by atoms with Gasteiger partial charge in [0, 0.05) is 6.04 Å². The number of aliphatic carboxylic acids is 4. The van der Waals surface area contributed by atoms with E-state index in [9.17, 15) is 34.5 Å². The summed E-state index contributed by atoms with van der Waals surface area (Å²) >= 11 is 0. The van der Waals surface area contributed by atoms with Crippen molar-refractivity contribution in [3.8, 4) is 0 Å². The first-order valence-electron chi connectivity index (χ1n) is 12.4. The van der Waals surface area contributed by atoms with Gasteiger partial charge in [0.1, 0.15) is 12.1 Å². The Morgan fingerprint density at radius 1 is 0.676 bits per heavy atom. The van der Waals surface area contributed by atoms with Crippen molar-refractivity contribution in [3.63, 3.8) is 0 Å². The largest absolute Gasteiger partial charge is 0.481 e. The Kier molecular flexibility index (Phi) is 17.0. The van der Waals surface area contributed by atoms with Gasteiger partial charge in [-0.2, -0.15) is 0 Å². The van der Waals surface area contributed by atoms with Crippen LogP contribution in [0.3, 0.4) is 0 Å². The van der Waals surface area contributed by atoms with Gasteiger partial charge in [0.25, 0.3) is 0 Å². The molecular formula is C24H43NO9. The number of unbranched alkanes of at least 4 members (excludes halogenated alkanes) is 11. The average Bonchev–Trinajstić information content (AvgIpc) is 2.75. The molecule has 0 amide bonds. The van der Waals surface area contributed by atoms with E-state index >= 15 is 0 Å². The maximum absolute atomic E-state index is 11.8. The number of carboxylic acids is 4. The molecule has 0 aromatic heterocycles. The molecule has 34 heavy (non-hydrogen) atoms. The zero-order valence-electron chi connectivity index (χ0n) is 20.5. The number of hydrogen-bond donors (Lipinski definition) is 5. The molecule has 0 aliphatic rings. The van der Waals surface area contributed by atoms with Crippen LogP contribution in [0.5, 0.6) is 0 Å². The van der Waals surface area contributed by atoms with Crippen LogP contribution in [0.1, 0.15) is 104 Å². The quantitative estimate of drug-likeness (QED) is 0.141. The van der Waals surface area contributed by atoms with Crippen LogP contribution in [0.4, 0.5) is 0 Å². The molecule has 10 nitrogen and oxygen atoms in total. The summed E-state index contributed by atoms with van der Waals surface area (Å²) in [5.74, 6) is -6.61. The highest BCUT2D eigenvalue weighted by molar-refractivity contribution is 5.86. The molecule has 4 atom stereocenters. The van der Waals surface area contributed by atoms with Crippen molar-refractivity contribution in [3.05, 3.63) is 0 Å². The fourth-order valence-electron chi connectivity index (χ4n) is 4.25. The average molecular weight is 490 g/mol. The molecule has 0 aliphatic carbocycles.